The van der Waals surface area contributed by atoms with Gasteiger partial charge in [0.25, 0.3) is 0 Å². The van der Waals surface area contributed by atoms with Gasteiger partial charge in [-0.15, -0.1) is 6.58 Å². The topological polar surface area (TPSA) is 0 Å². The summed E-state index contributed by atoms with van der Waals surface area (Å²) in [5, 5.41) is 0. The number of rotatable bonds is 2. The fourth-order valence-corrected chi connectivity index (χ4v) is 0.893. The van der Waals surface area contributed by atoms with E-state index in [0.29, 0.717) is 5.92 Å². The van der Waals surface area contributed by atoms with Crippen LogP contribution in [0.15, 0.2) is 43.0 Å². The third-order valence-electron chi connectivity index (χ3n) is 1.68. The van der Waals surface area contributed by atoms with Crippen LogP contribution in [0.1, 0.15) is 46.1 Å². The summed E-state index contributed by atoms with van der Waals surface area (Å²) in [6.45, 7) is 13.9. The molecule has 0 saturated carbocycles. The molecule has 0 saturated heterocycles. The third kappa shape index (κ3) is 6.47. The smallest absolute Gasteiger partial charge is 0.00131 e. The summed E-state index contributed by atoms with van der Waals surface area (Å²) in [5.74, 6) is 0.473. The Bertz CT molecular complexity index is 199. The van der Waals surface area contributed by atoms with Crippen LogP contribution >= 0.6 is 0 Å². The molecule has 0 amide bonds. The Kier molecular flexibility index (Phi) is 13.2. The zero-order valence-corrected chi connectivity index (χ0v) is 10.2. The van der Waals surface area contributed by atoms with Crippen LogP contribution in [0.4, 0.5) is 0 Å². The van der Waals surface area contributed by atoms with E-state index in [-0.39, 0.29) is 0 Å². The van der Waals surface area contributed by atoms with Crippen molar-refractivity contribution < 1.29 is 0 Å². The molecule has 0 spiro atoms. The van der Waals surface area contributed by atoms with Gasteiger partial charge in [-0.2, -0.15) is 0 Å². The van der Waals surface area contributed by atoms with E-state index in [1.807, 2.05) is 39.8 Å². The Labute approximate surface area is 89.7 Å². The maximum Gasteiger partial charge on any atom is -0.00131 e. The van der Waals surface area contributed by atoms with Gasteiger partial charge in [0.05, 0.1) is 0 Å². The highest BCUT2D eigenvalue weighted by Crippen LogP contribution is 2.14. The second kappa shape index (κ2) is 12.0. The van der Waals surface area contributed by atoms with Crippen LogP contribution in [0.25, 0.3) is 0 Å². The molecule has 0 N–H and O–H groups in total. The van der Waals surface area contributed by atoms with Gasteiger partial charge in [-0.3, -0.25) is 0 Å². The van der Waals surface area contributed by atoms with Crippen LogP contribution in [-0.4, -0.2) is 0 Å². The molecule has 1 atom stereocenters. The summed E-state index contributed by atoms with van der Waals surface area (Å²) in [6.07, 6.45) is 1.95. The normalized spacial score (nSPS) is 9.79. The molecule has 1 rings (SSSR count). The Morgan fingerprint density at radius 3 is 1.79 bits per heavy atom. The lowest BCUT2D eigenvalue weighted by Crippen LogP contribution is -1.85. The highest BCUT2D eigenvalue weighted by Gasteiger charge is 1.96. The molecule has 0 nitrogen and oxygen atoms in total. The molecule has 0 aliphatic rings. The first-order chi connectivity index (χ1) is 6.84. The predicted molar refractivity (Wildman–Crippen MR) is 67.8 cm³/mol. The van der Waals surface area contributed by atoms with E-state index in [9.17, 15) is 0 Å². The maximum absolute atomic E-state index is 3.74. The van der Waals surface area contributed by atoms with Crippen LogP contribution < -0.4 is 0 Å². The number of hydrogen-bond donors (Lipinski definition) is 0. The van der Waals surface area contributed by atoms with Gasteiger partial charge in [-0.05, 0) is 11.5 Å². The summed E-state index contributed by atoms with van der Waals surface area (Å²) >= 11 is 0. The first-order valence-corrected chi connectivity index (χ1v) is 5.52. The molecule has 0 aliphatic heterocycles. The van der Waals surface area contributed by atoms with Crippen molar-refractivity contribution in [2.45, 2.75) is 40.5 Å². The largest absolute Gasteiger partial charge is 0.102 e. The zero-order chi connectivity index (χ0) is 11.4. The van der Waals surface area contributed by atoms with Crippen molar-refractivity contribution in [2.75, 3.05) is 0 Å². The van der Waals surface area contributed by atoms with E-state index in [4.69, 9.17) is 0 Å². The highest BCUT2D eigenvalue weighted by molar-refractivity contribution is 5.21. The number of allylic oxidation sites excluding steroid dienone is 1. The quantitative estimate of drug-likeness (QED) is 0.577. The first kappa shape index (κ1) is 15.4. The summed E-state index contributed by atoms with van der Waals surface area (Å²) in [7, 11) is 0. The molecular formula is C14H24. The van der Waals surface area contributed by atoms with Gasteiger partial charge in [-0.1, -0.05) is 71.0 Å². The van der Waals surface area contributed by atoms with Crippen LogP contribution in [0, 0.1) is 0 Å². The Morgan fingerprint density at radius 1 is 1.00 bits per heavy atom. The minimum atomic E-state index is 0.473. The van der Waals surface area contributed by atoms with Gasteiger partial charge in [0, 0.05) is 0 Å². The molecule has 0 aliphatic carbocycles. The van der Waals surface area contributed by atoms with Gasteiger partial charge in [0.2, 0.25) is 0 Å². The van der Waals surface area contributed by atoms with Crippen molar-refractivity contribution in [3.63, 3.8) is 0 Å². The molecule has 1 aromatic rings. The zero-order valence-electron chi connectivity index (χ0n) is 10.2. The van der Waals surface area contributed by atoms with Crippen LogP contribution in [-0.2, 0) is 0 Å². The lowest BCUT2D eigenvalue weighted by atomic mass is 10.0. The van der Waals surface area contributed by atoms with Crippen molar-refractivity contribution in [3.05, 3.63) is 48.6 Å². The SMILES string of the molecule is C=CC(C)c1ccccc1.CC.CC. The maximum atomic E-state index is 3.74. The molecule has 0 radical (unpaired) electrons. The fraction of sp³-hybridized carbons (Fsp3) is 0.429. The lowest BCUT2D eigenvalue weighted by molar-refractivity contribution is 0.971. The van der Waals surface area contributed by atoms with Crippen molar-refractivity contribution in [1.82, 2.24) is 0 Å². The molecule has 0 fully saturated rings. The van der Waals surface area contributed by atoms with E-state index in [1.54, 1.807) is 0 Å². The summed E-state index contributed by atoms with van der Waals surface area (Å²) < 4.78 is 0. The second-order valence-corrected chi connectivity index (χ2v) is 2.44. The molecule has 1 unspecified atom stereocenters. The summed E-state index contributed by atoms with van der Waals surface area (Å²) in [6, 6.07) is 10.4. The Morgan fingerprint density at radius 2 is 1.43 bits per heavy atom. The molecular weight excluding hydrogens is 168 g/mol. The second-order valence-electron chi connectivity index (χ2n) is 2.44. The van der Waals surface area contributed by atoms with Crippen molar-refractivity contribution in [3.8, 4) is 0 Å². The van der Waals surface area contributed by atoms with Gasteiger partial charge in [0.1, 0.15) is 0 Å². The van der Waals surface area contributed by atoms with Gasteiger partial charge in [-0.25, -0.2) is 0 Å². The average Bonchev–Trinajstić information content (AvgIpc) is 2.34. The number of benzene rings is 1. The Balaban J connectivity index is 0. The van der Waals surface area contributed by atoms with E-state index in [1.165, 1.54) is 5.56 Å². The van der Waals surface area contributed by atoms with Crippen LogP contribution in [0.2, 0.25) is 0 Å². The highest BCUT2D eigenvalue weighted by atomic mass is 14.0. The minimum Gasteiger partial charge on any atom is -0.102 e. The monoisotopic (exact) mass is 192 g/mol. The van der Waals surface area contributed by atoms with Gasteiger partial charge < -0.3 is 0 Å². The lowest BCUT2D eigenvalue weighted by Gasteiger charge is -2.03. The molecule has 80 valence electrons. The molecule has 14 heavy (non-hydrogen) atoms. The Hall–Kier alpha value is -1.04. The standard InChI is InChI=1S/C10H12.2C2H6/c1-3-9(2)10-7-5-4-6-8-10;2*1-2/h3-9H,1H2,2H3;2*1-2H3. The van der Waals surface area contributed by atoms with Crippen molar-refractivity contribution in [2.24, 2.45) is 0 Å². The average molecular weight is 192 g/mol. The number of hydrogen-bond acceptors (Lipinski definition) is 0. The van der Waals surface area contributed by atoms with Crippen molar-refractivity contribution >= 4 is 0 Å². The van der Waals surface area contributed by atoms with Gasteiger partial charge in [0.15, 0.2) is 0 Å². The molecule has 0 heteroatoms. The minimum absolute atomic E-state index is 0.473. The first-order valence-electron chi connectivity index (χ1n) is 5.52. The molecule has 0 bridgehead atoms. The van der Waals surface area contributed by atoms with Crippen LogP contribution in [0.3, 0.4) is 0 Å². The van der Waals surface area contributed by atoms with E-state index < -0.39 is 0 Å². The fourth-order valence-electron chi connectivity index (χ4n) is 0.893. The molecule has 0 aromatic heterocycles. The van der Waals surface area contributed by atoms with Crippen molar-refractivity contribution in [1.29, 1.82) is 0 Å². The summed E-state index contributed by atoms with van der Waals surface area (Å²) in [4.78, 5) is 0. The predicted octanol–water partition coefficient (Wildman–Crippen LogP) is 5.03. The summed E-state index contributed by atoms with van der Waals surface area (Å²) in [5.41, 5.74) is 1.33. The van der Waals surface area contributed by atoms with E-state index in [2.05, 4.69) is 37.8 Å². The van der Waals surface area contributed by atoms with Crippen LogP contribution in [0.5, 0.6) is 0 Å². The molecule has 1 aromatic carbocycles. The third-order valence-corrected chi connectivity index (χ3v) is 1.68. The molecule has 0 heterocycles. The van der Waals surface area contributed by atoms with E-state index in [0.717, 1.165) is 0 Å². The van der Waals surface area contributed by atoms with E-state index >= 15 is 0 Å². The van der Waals surface area contributed by atoms with Gasteiger partial charge >= 0.3 is 0 Å².